The normalized spacial score (nSPS) is 13.9. The Morgan fingerprint density at radius 2 is 0.704 bits per heavy atom. The number of quaternary nitrogens is 1. The smallest absolute Gasteiger partial charge is 0.306 e. The van der Waals surface area contributed by atoms with Crippen molar-refractivity contribution in [3.05, 3.63) is 109 Å². The molecule has 0 aromatic heterocycles. The van der Waals surface area contributed by atoms with E-state index in [0.717, 1.165) is 103 Å². The molecule has 0 aromatic rings. The highest BCUT2D eigenvalue weighted by Gasteiger charge is 2.22. The maximum Gasteiger partial charge on any atom is 0.306 e. The average molecular weight is 1150 g/mol. The molecule has 0 heterocycles. The van der Waals surface area contributed by atoms with Crippen molar-refractivity contribution in [2.75, 3.05) is 47.5 Å². The van der Waals surface area contributed by atoms with Crippen LogP contribution in [-0.2, 0) is 32.7 Å². The second-order valence-corrected chi connectivity index (χ2v) is 24.5. The van der Waals surface area contributed by atoms with Gasteiger partial charge in [-0.1, -0.05) is 290 Å². The lowest BCUT2D eigenvalue weighted by Crippen LogP contribution is -2.37. The molecule has 0 spiro atoms. The number of hydrogen-bond donors (Lipinski definition) is 0. The molecular formula is C71H124NO8P. The van der Waals surface area contributed by atoms with Crippen LogP contribution >= 0.6 is 7.82 Å². The van der Waals surface area contributed by atoms with Gasteiger partial charge < -0.3 is 27.9 Å². The Morgan fingerprint density at radius 3 is 1.05 bits per heavy atom. The van der Waals surface area contributed by atoms with Gasteiger partial charge in [0.2, 0.25) is 0 Å². The zero-order chi connectivity index (χ0) is 59.1. The minimum absolute atomic E-state index is 0.0351. The molecule has 466 valence electrons. The van der Waals surface area contributed by atoms with Crippen LogP contribution in [0.4, 0.5) is 0 Å². The summed E-state index contributed by atoms with van der Waals surface area (Å²) in [5, 5.41) is 0. The number of allylic oxidation sites excluding steroid dienone is 18. The number of nitrogens with zero attached hydrogens (tertiary/aromatic N) is 1. The fourth-order valence-corrected chi connectivity index (χ4v) is 9.73. The fourth-order valence-electron chi connectivity index (χ4n) is 9.00. The van der Waals surface area contributed by atoms with Crippen molar-refractivity contribution in [1.29, 1.82) is 0 Å². The first-order valence-electron chi connectivity index (χ1n) is 33.1. The Morgan fingerprint density at radius 1 is 0.395 bits per heavy atom. The summed E-state index contributed by atoms with van der Waals surface area (Å²) in [5.74, 6) is -0.835. The minimum Gasteiger partial charge on any atom is -0.756 e. The average Bonchev–Trinajstić information content (AvgIpc) is 3.43. The number of phosphoric ester groups is 1. The highest BCUT2D eigenvalue weighted by atomic mass is 31.2. The SMILES string of the molecule is CC/C=C\C/C=C\C/C=C\C/C=C\C/C=C\C/C=C\C/C=C\C/C=C\C/C=C\CCCCCCCCCCCC(=O)OC(COC(=O)CCCCCCCCCCCCCCCCCCCCCC)COP(=O)([O-])OCC[N+](C)(C)C. The molecule has 9 nitrogen and oxygen atoms in total. The molecule has 0 aliphatic carbocycles. The van der Waals surface area contributed by atoms with Gasteiger partial charge in [0, 0.05) is 12.8 Å². The van der Waals surface area contributed by atoms with Crippen LogP contribution in [0.25, 0.3) is 0 Å². The molecule has 2 unspecified atom stereocenters. The van der Waals surface area contributed by atoms with E-state index >= 15 is 0 Å². The zero-order valence-electron chi connectivity index (χ0n) is 52.9. The molecule has 0 saturated carbocycles. The van der Waals surface area contributed by atoms with E-state index in [4.69, 9.17) is 18.5 Å². The van der Waals surface area contributed by atoms with Gasteiger partial charge in [0.25, 0.3) is 7.82 Å². The van der Waals surface area contributed by atoms with Gasteiger partial charge in [-0.05, 0) is 83.5 Å². The Kier molecular flexibility index (Phi) is 58.7. The first kappa shape index (κ1) is 77.7. The Hall–Kier alpha value is -3.33. The predicted octanol–water partition coefficient (Wildman–Crippen LogP) is 20.7. The van der Waals surface area contributed by atoms with E-state index in [0.29, 0.717) is 17.4 Å². The first-order chi connectivity index (χ1) is 39.5. The van der Waals surface area contributed by atoms with Gasteiger partial charge in [-0.3, -0.25) is 14.2 Å². The summed E-state index contributed by atoms with van der Waals surface area (Å²) in [6, 6.07) is 0. The van der Waals surface area contributed by atoms with Crippen molar-refractivity contribution in [3.63, 3.8) is 0 Å². The van der Waals surface area contributed by atoms with Gasteiger partial charge in [-0.25, -0.2) is 0 Å². The molecule has 0 amide bonds. The van der Waals surface area contributed by atoms with Gasteiger partial charge in [-0.2, -0.15) is 0 Å². The van der Waals surface area contributed by atoms with Crippen molar-refractivity contribution < 1.29 is 42.1 Å². The lowest BCUT2D eigenvalue weighted by molar-refractivity contribution is -0.870. The Labute approximate surface area is 499 Å². The van der Waals surface area contributed by atoms with Gasteiger partial charge >= 0.3 is 11.9 Å². The van der Waals surface area contributed by atoms with Crippen LogP contribution in [0.5, 0.6) is 0 Å². The summed E-state index contributed by atoms with van der Waals surface area (Å²) < 4.78 is 34.2. The molecule has 2 atom stereocenters. The van der Waals surface area contributed by atoms with Gasteiger partial charge in [-0.15, -0.1) is 0 Å². The summed E-state index contributed by atoms with van der Waals surface area (Å²) in [7, 11) is 1.16. The number of carbonyl (C=O) groups is 2. The molecule has 0 aliphatic rings. The quantitative estimate of drug-likeness (QED) is 0.0195. The number of esters is 2. The third-order valence-electron chi connectivity index (χ3n) is 14.1. The molecule has 81 heavy (non-hydrogen) atoms. The predicted molar refractivity (Wildman–Crippen MR) is 346 cm³/mol. The number of unbranched alkanes of at least 4 members (excludes halogenated alkanes) is 28. The number of likely N-dealkylation sites (N-methyl/N-ethyl adjacent to an activating group) is 1. The number of hydrogen-bond acceptors (Lipinski definition) is 8. The fraction of sp³-hybridized carbons (Fsp3) is 0.718. The summed E-state index contributed by atoms with van der Waals surface area (Å²) in [4.78, 5) is 38.0. The van der Waals surface area contributed by atoms with Crippen LogP contribution < -0.4 is 4.89 Å². The molecule has 0 radical (unpaired) electrons. The molecule has 0 N–H and O–H groups in total. The van der Waals surface area contributed by atoms with E-state index in [-0.39, 0.29) is 32.0 Å². The van der Waals surface area contributed by atoms with Crippen molar-refractivity contribution in [2.45, 2.75) is 283 Å². The monoisotopic (exact) mass is 1150 g/mol. The first-order valence-corrected chi connectivity index (χ1v) is 34.6. The second-order valence-electron chi connectivity index (χ2n) is 23.1. The van der Waals surface area contributed by atoms with Crippen molar-refractivity contribution >= 4 is 19.8 Å². The van der Waals surface area contributed by atoms with Crippen molar-refractivity contribution in [3.8, 4) is 0 Å². The number of phosphoric acid groups is 1. The molecule has 0 aliphatic heterocycles. The van der Waals surface area contributed by atoms with Crippen LogP contribution in [0.2, 0.25) is 0 Å². The lowest BCUT2D eigenvalue weighted by atomic mass is 10.0. The molecule has 0 aromatic carbocycles. The summed E-state index contributed by atoms with van der Waals surface area (Å²) >= 11 is 0. The standard InChI is InChI=1S/C71H124NO8P/c1-6-8-10-12-14-16-18-20-22-24-26-28-29-30-31-32-33-34-35-36-37-38-39-40-41-42-43-44-46-48-50-52-54-56-58-60-62-64-71(74)80-69(68-79-81(75,76)78-66-65-72(3,4)5)67-77-70(73)63-61-59-57-55-53-51-49-47-45-27-25-23-21-19-17-15-13-11-9-7-2/h8,10,14,16,20,22,26,28,30-31,33-34,36-37,39-40,42-43,69H,6-7,9,11-13,15,17-19,21,23-25,27,29,32,35,38,41,44-68H2,1-5H3/b10-8-,16-14-,22-20-,28-26-,31-30-,34-33-,37-36-,40-39-,43-42-. The van der Waals surface area contributed by atoms with E-state index < -0.39 is 26.5 Å². The van der Waals surface area contributed by atoms with E-state index in [9.17, 15) is 19.0 Å². The molecular weight excluding hydrogens is 1030 g/mol. The third kappa shape index (κ3) is 65.7. The van der Waals surface area contributed by atoms with E-state index in [1.807, 2.05) is 21.1 Å². The van der Waals surface area contributed by atoms with Gasteiger partial charge in [0.1, 0.15) is 19.8 Å². The van der Waals surface area contributed by atoms with Crippen LogP contribution in [0.1, 0.15) is 277 Å². The second kappa shape index (κ2) is 61.2. The summed E-state index contributed by atoms with van der Waals surface area (Å²) in [5.41, 5.74) is 0. The van der Waals surface area contributed by atoms with Gasteiger partial charge in [0.15, 0.2) is 6.10 Å². The molecule has 0 fully saturated rings. The highest BCUT2D eigenvalue weighted by Crippen LogP contribution is 2.38. The Balaban J connectivity index is 4.11. The van der Waals surface area contributed by atoms with Crippen molar-refractivity contribution in [2.24, 2.45) is 0 Å². The minimum atomic E-state index is -4.65. The maximum atomic E-state index is 12.8. The topological polar surface area (TPSA) is 111 Å². The largest absolute Gasteiger partial charge is 0.756 e. The number of carbonyl (C=O) groups excluding carboxylic acids is 2. The molecule has 0 bridgehead atoms. The van der Waals surface area contributed by atoms with E-state index in [1.165, 1.54) is 141 Å². The summed E-state index contributed by atoms with van der Waals surface area (Å²) in [6.07, 6.45) is 85.8. The van der Waals surface area contributed by atoms with Crippen LogP contribution in [0.15, 0.2) is 109 Å². The highest BCUT2D eigenvalue weighted by molar-refractivity contribution is 7.45. The zero-order valence-corrected chi connectivity index (χ0v) is 53.8. The van der Waals surface area contributed by atoms with Crippen molar-refractivity contribution in [1.82, 2.24) is 0 Å². The van der Waals surface area contributed by atoms with E-state index in [2.05, 4.69) is 123 Å². The number of rotatable bonds is 60. The van der Waals surface area contributed by atoms with E-state index in [1.54, 1.807) is 0 Å². The number of ether oxygens (including phenoxy) is 2. The molecule has 0 rings (SSSR count). The van der Waals surface area contributed by atoms with Crippen LogP contribution in [0.3, 0.4) is 0 Å². The molecule has 10 heteroatoms. The lowest BCUT2D eigenvalue weighted by Gasteiger charge is -2.28. The van der Waals surface area contributed by atoms with Crippen LogP contribution in [-0.4, -0.2) is 70.0 Å². The van der Waals surface area contributed by atoms with Gasteiger partial charge in [0.05, 0.1) is 27.7 Å². The summed E-state index contributed by atoms with van der Waals surface area (Å²) in [6.45, 7) is 4.14. The third-order valence-corrected chi connectivity index (χ3v) is 15.0. The maximum absolute atomic E-state index is 12.8. The van der Waals surface area contributed by atoms with Crippen LogP contribution in [0, 0.1) is 0 Å². The Bertz CT molecular complexity index is 1730. The molecule has 0 saturated heterocycles.